The van der Waals surface area contributed by atoms with Gasteiger partial charge in [0.2, 0.25) is 12.2 Å². The van der Waals surface area contributed by atoms with Crippen molar-refractivity contribution in [2.45, 2.75) is 12.2 Å². The van der Waals surface area contributed by atoms with E-state index in [2.05, 4.69) is 0 Å². The van der Waals surface area contributed by atoms with E-state index in [1.165, 1.54) is 48.5 Å². The number of rotatable bonds is 7. The number of ether oxygens (including phenoxy) is 2. The normalized spacial score (nSPS) is 12.0. The molecule has 4 N–H and O–H groups in total. The van der Waals surface area contributed by atoms with Gasteiger partial charge in [0.15, 0.2) is 0 Å². The number of esters is 2. The van der Waals surface area contributed by atoms with E-state index in [0.29, 0.717) is 0 Å². The van der Waals surface area contributed by atoms with E-state index >= 15 is 0 Å². The monoisotopic (exact) mass is 376 g/mol. The van der Waals surface area contributed by atoms with Crippen LogP contribution in [-0.4, -0.2) is 51.8 Å². The molecule has 0 aliphatic carbocycles. The Morgan fingerprint density at radius 1 is 0.630 bits per heavy atom. The molecule has 0 aromatic heterocycles. The molecule has 2 aromatic carbocycles. The second kappa shape index (κ2) is 9.68. The van der Waals surface area contributed by atoms with Crippen molar-refractivity contribution in [1.82, 2.24) is 0 Å². The van der Waals surface area contributed by atoms with Crippen LogP contribution in [0.2, 0.25) is 0 Å². The maximum Gasteiger partial charge on any atom is 0.349 e. The highest BCUT2D eigenvalue weighted by Gasteiger charge is 2.40. The molecule has 142 valence electrons. The SMILES string of the molecule is O.O=C(O[C@H](C(=O)O)[C@H](OC(=O)c1ccccc1)C(=O)O)c1ccccc1. The van der Waals surface area contributed by atoms with Crippen LogP contribution in [0.25, 0.3) is 0 Å². The molecule has 0 radical (unpaired) electrons. The van der Waals surface area contributed by atoms with Crippen molar-refractivity contribution in [2.24, 2.45) is 0 Å². The largest absolute Gasteiger partial charge is 0.478 e. The van der Waals surface area contributed by atoms with Crippen LogP contribution < -0.4 is 0 Å². The third kappa shape index (κ3) is 5.65. The van der Waals surface area contributed by atoms with Gasteiger partial charge in [0, 0.05) is 0 Å². The summed E-state index contributed by atoms with van der Waals surface area (Å²) in [7, 11) is 0. The molecule has 0 fully saturated rings. The molecule has 0 spiro atoms. The van der Waals surface area contributed by atoms with E-state index in [4.69, 9.17) is 9.47 Å². The molecule has 0 aliphatic rings. The van der Waals surface area contributed by atoms with Gasteiger partial charge >= 0.3 is 23.9 Å². The maximum atomic E-state index is 12.0. The Labute approximate surface area is 153 Å². The fourth-order valence-corrected chi connectivity index (χ4v) is 2.00. The van der Waals surface area contributed by atoms with Crippen molar-refractivity contribution in [1.29, 1.82) is 0 Å². The number of hydrogen-bond donors (Lipinski definition) is 2. The molecule has 0 bridgehead atoms. The van der Waals surface area contributed by atoms with E-state index in [0.717, 1.165) is 0 Å². The summed E-state index contributed by atoms with van der Waals surface area (Å²) in [5.41, 5.74) is 0.0505. The Balaban J connectivity index is 0.00000364. The fourth-order valence-electron chi connectivity index (χ4n) is 2.00. The van der Waals surface area contributed by atoms with Crippen LogP contribution in [0.15, 0.2) is 60.7 Å². The molecule has 2 aromatic rings. The minimum Gasteiger partial charge on any atom is -0.478 e. The summed E-state index contributed by atoms with van der Waals surface area (Å²) in [6.07, 6.45) is -4.43. The van der Waals surface area contributed by atoms with E-state index in [9.17, 15) is 29.4 Å². The lowest BCUT2D eigenvalue weighted by atomic mass is 10.1. The molecular weight excluding hydrogens is 360 g/mol. The summed E-state index contributed by atoms with van der Waals surface area (Å²) >= 11 is 0. The van der Waals surface area contributed by atoms with Crippen LogP contribution in [-0.2, 0) is 19.1 Å². The summed E-state index contributed by atoms with van der Waals surface area (Å²) in [4.78, 5) is 46.8. The first-order chi connectivity index (χ1) is 12.4. The summed E-state index contributed by atoms with van der Waals surface area (Å²) in [5.74, 6) is -5.63. The Kier molecular flexibility index (Phi) is 7.65. The molecule has 9 nitrogen and oxygen atoms in total. The predicted molar refractivity (Wildman–Crippen MR) is 90.2 cm³/mol. The summed E-state index contributed by atoms with van der Waals surface area (Å²) in [6.45, 7) is 0. The number of carbonyl (C=O) groups is 4. The Morgan fingerprint density at radius 2 is 0.926 bits per heavy atom. The van der Waals surface area contributed by atoms with Crippen molar-refractivity contribution in [3.8, 4) is 0 Å². The van der Waals surface area contributed by atoms with Crippen molar-refractivity contribution in [3.05, 3.63) is 71.8 Å². The van der Waals surface area contributed by atoms with Crippen LogP contribution in [0.3, 0.4) is 0 Å². The lowest BCUT2D eigenvalue weighted by molar-refractivity contribution is -0.166. The summed E-state index contributed by atoms with van der Waals surface area (Å²) < 4.78 is 9.52. The van der Waals surface area contributed by atoms with Crippen molar-refractivity contribution < 1.29 is 44.3 Å². The molecule has 0 unspecified atom stereocenters. The maximum absolute atomic E-state index is 12.0. The van der Waals surface area contributed by atoms with Gasteiger partial charge in [-0.1, -0.05) is 36.4 Å². The zero-order valence-corrected chi connectivity index (χ0v) is 13.8. The van der Waals surface area contributed by atoms with Crippen LogP contribution in [0.5, 0.6) is 0 Å². The average molecular weight is 376 g/mol. The third-order valence-corrected chi connectivity index (χ3v) is 3.25. The topological polar surface area (TPSA) is 159 Å². The van der Waals surface area contributed by atoms with E-state index < -0.39 is 36.1 Å². The molecule has 0 amide bonds. The van der Waals surface area contributed by atoms with Gasteiger partial charge in [-0.25, -0.2) is 19.2 Å². The number of benzene rings is 2. The third-order valence-electron chi connectivity index (χ3n) is 3.25. The van der Waals surface area contributed by atoms with Crippen LogP contribution in [0.1, 0.15) is 20.7 Å². The van der Waals surface area contributed by atoms with Gasteiger partial charge in [-0.05, 0) is 24.3 Å². The fraction of sp³-hybridized carbons (Fsp3) is 0.111. The van der Waals surface area contributed by atoms with Gasteiger partial charge in [0.1, 0.15) is 0 Å². The minimum absolute atomic E-state index is 0. The summed E-state index contributed by atoms with van der Waals surface area (Å²) in [6, 6.07) is 14.8. The Hall–Kier alpha value is -3.72. The number of aliphatic carboxylic acids is 2. The lowest BCUT2D eigenvalue weighted by Crippen LogP contribution is -2.45. The highest BCUT2D eigenvalue weighted by molar-refractivity contribution is 5.95. The van der Waals surface area contributed by atoms with Gasteiger partial charge < -0.3 is 25.2 Å². The number of carboxylic acid groups (broad SMARTS) is 2. The van der Waals surface area contributed by atoms with Crippen LogP contribution in [0, 0.1) is 0 Å². The Bertz CT molecular complexity index is 733. The van der Waals surface area contributed by atoms with Crippen LogP contribution in [0.4, 0.5) is 0 Å². The number of carbonyl (C=O) groups excluding carboxylic acids is 2. The lowest BCUT2D eigenvalue weighted by Gasteiger charge is -2.21. The first-order valence-corrected chi connectivity index (χ1v) is 7.38. The molecule has 2 atom stereocenters. The van der Waals surface area contributed by atoms with E-state index in [-0.39, 0.29) is 16.6 Å². The summed E-state index contributed by atoms with van der Waals surface area (Å²) in [5, 5.41) is 18.5. The standard InChI is InChI=1S/C18H14O8.H2O/c19-15(20)13(25-17(23)11-7-3-1-4-8-11)14(16(21)22)26-18(24)12-9-5-2-6-10-12;/h1-10,13-14H,(H,19,20)(H,21,22);1H2/t13-,14-;/m0./s1. The van der Waals surface area contributed by atoms with Gasteiger partial charge in [-0.15, -0.1) is 0 Å². The number of carboxylic acids is 2. The second-order valence-electron chi connectivity index (χ2n) is 5.06. The molecule has 0 aliphatic heterocycles. The smallest absolute Gasteiger partial charge is 0.349 e. The Morgan fingerprint density at radius 3 is 1.19 bits per heavy atom. The highest BCUT2D eigenvalue weighted by Crippen LogP contribution is 2.13. The molecule has 0 saturated carbocycles. The first-order valence-electron chi connectivity index (χ1n) is 7.38. The quantitative estimate of drug-likeness (QED) is 0.671. The molecular formula is C18H16O9. The van der Waals surface area contributed by atoms with E-state index in [1.807, 2.05) is 0 Å². The zero-order chi connectivity index (χ0) is 19.1. The van der Waals surface area contributed by atoms with Gasteiger partial charge in [-0.2, -0.15) is 0 Å². The second-order valence-corrected chi connectivity index (χ2v) is 5.06. The molecule has 27 heavy (non-hydrogen) atoms. The predicted octanol–water partition coefficient (Wildman–Crippen LogP) is 0.782. The minimum atomic E-state index is -2.21. The first kappa shape index (κ1) is 21.3. The molecule has 2 rings (SSSR count). The number of hydrogen-bond acceptors (Lipinski definition) is 6. The highest BCUT2D eigenvalue weighted by atomic mass is 16.6. The van der Waals surface area contributed by atoms with Gasteiger partial charge in [0.25, 0.3) is 0 Å². The van der Waals surface area contributed by atoms with Crippen molar-refractivity contribution in [3.63, 3.8) is 0 Å². The van der Waals surface area contributed by atoms with Crippen molar-refractivity contribution in [2.75, 3.05) is 0 Å². The van der Waals surface area contributed by atoms with Gasteiger partial charge in [0.05, 0.1) is 11.1 Å². The van der Waals surface area contributed by atoms with Crippen LogP contribution >= 0.6 is 0 Å². The molecule has 9 heteroatoms. The molecule has 0 saturated heterocycles. The van der Waals surface area contributed by atoms with E-state index in [1.54, 1.807) is 12.1 Å². The average Bonchev–Trinajstić information content (AvgIpc) is 2.65. The zero-order valence-electron chi connectivity index (χ0n) is 13.8. The molecule has 0 heterocycles. The van der Waals surface area contributed by atoms with Gasteiger partial charge in [-0.3, -0.25) is 0 Å². The van der Waals surface area contributed by atoms with Crippen molar-refractivity contribution >= 4 is 23.9 Å².